The maximum Gasteiger partial charge on any atom is 0.0543 e. The van der Waals surface area contributed by atoms with Crippen LogP contribution in [0, 0.1) is 40.4 Å². The highest BCUT2D eigenvalue weighted by Gasteiger charge is 2.61. The first-order valence-corrected chi connectivity index (χ1v) is 10.8. The molecule has 5 aliphatic rings. The minimum atomic E-state index is 0.00811. The molecule has 0 aromatic carbocycles. The topological polar surface area (TPSA) is 20.2 Å². The van der Waals surface area contributed by atoms with Crippen LogP contribution in [0.25, 0.3) is 0 Å². The Bertz CT molecular complexity index is 473. The fourth-order valence-corrected chi connectivity index (χ4v) is 8.95. The van der Waals surface area contributed by atoms with Crippen molar-refractivity contribution in [3.05, 3.63) is 0 Å². The van der Waals surface area contributed by atoms with Gasteiger partial charge in [-0.1, -0.05) is 19.8 Å². The zero-order chi connectivity index (χ0) is 15.7. The number of aliphatic hydroxyl groups excluding tert-OH is 1. The van der Waals surface area contributed by atoms with Gasteiger partial charge in [0.2, 0.25) is 0 Å². The number of hydrogen-bond donors (Lipinski definition) is 1. The monoisotopic (exact) mass is 316 g/mol. The predicted octanol–water partition coefficient (Wildman–Crippen LogP) is 5.56. The highest BCUT2D eigenvalue weighted by Crippen LogP contribution is 2.70. The van der Waals surface area contributed by atoms with Crippen molar-refractivity contribution in [1.82, 2.24) is 0 Å². The second-order valence-corrected chi connectivity index (χ2v) is 10.4. The molecule has 1 spiro atoms. The first-order valence-electron chi connectivity index (χ1n) is 10.8. The molecule has 5 aliphatic carbocycles. The van der Waals surface area contributed by atoms with Gasteiger partial charge in [0.25, 0.3) is 0 Å². The van der Waals surface area contributed by atoms with E-state index in [9.17, 15) is 5.11 Å². The Morgan fingerprint density at radius 3 is 2.52 bits per heavy atom. The molecule has 0 radical (unpaired) electrons. The van der Waals surface area contributed by atoms with Crippen molar-refractivity contribution in [1.29, 1.82) is 0 Å². The van der Waals surface area contributed by atoms with Crippen LogP contribution < -0.4 is 0 Å². The van der Waals surface area contributed by atoms with Crippen LogP contribution in [0.2, 0.25) is 0 Å². The smallest absolute Gasteiger partial charge is 0.0543 e. The van der Waals surface area contributed by atoms with E-state index in [0.29, 0.717) is 5.41 Å². The molecular weight excluding hydrogens is 280 g/mol. The Balaban J connectivity index is 1.45. The first-order chi connectivity index (χ1) is 11.1. The van der Waals surface area contributed by atoms with E-state index >= 15 is 0 Å². The molecule has 8 atom stereocenters. The lowest BCUT2D eigenvalue weighted by molar-refractivity contribution is -0.136. The molecule has 1 N–H and O–H groups in total. The molecule has 5 fully saturated rings. The third-order valence-electron chi connectivity index (χ3n) is 9.98. The van der Waals surface area contributed by atoms with Crippen molar-refractivity contribution in [3.8, 4) is 0 Å². The summed E-state index contributed by atoms with van der Waals surface area (Å²) in [7, 11) is 0. The minimum Gasteiger partial charge on any atom is -0.393 e. The molecule has 0 amide bonds. The number of rotatable bonds is 0. The van der Waals surface area contributed by atoms with Gasteiger partial charge >= 0.3 is 0 Å². The number of aliphatic hydroxyl groups is 1. The van der Waals surface area contributed by atoms with Crippen LogP contribution in [-0.2, 0) is 0 Å². The quantitative estimate of drug-likeness (QED) is 0.620. The summed E-state index contributed by atoms with van der Waals surface area (Å²) in [5.41, 5.74) is 1.35. The molecule has 0 aromatic heterocycles. The Labute approximate surface area is 142 Å². The average molecular weight is 317 g/mol. The van der Waals surface area contributed by atoms with Gasteiger partial charge in [0.15, 0.2) is 0 Å². The zero-order valence-electron chi connectivity index (χ0n) is 15.1. The van der Waals surface area contributed by atoms with Crippen molar-refractivity contribution in [2.45, 2.75) is 96.5 Å². The van der Waals surface area contributed by atoms with Gasteiger partial charge in [-0.15, -0.1) is 0 Å². The molecule has 1 heteroatoms. The van der Waals surface area contributed by atoms with Gasteiger partial charge in [-0.2, -0.15) is 0 Å². The SMILES string of the molecule is C[C@]12CC[C@@H](O)C[C@@H]1CCC1C3CCC4CCCCC43CCC12. The second kappa shape index (κ2) is 5.23. The van der Waals surface area contributed by atoms with Gasteiger partial charge in [0.05, 0.1) is 6.10 Å². The summed E-state index contributed by atoms with van der Waals surface area (Å²) >= 11 is 0. The van der Waals surface area contributed by atoms with E-state index < -0.39 is 0 Å². The maximum absolute atomic E-state index is 10.2. The molecule has 0 heterocycles. The average Bonchev–Trinajstić information content (AvgIpc) is 2.95. The molecule has 1 nitrogen and oxygen atoms in total. The Hall–Kier alpha value is -0.0400. The van der Waals surface area contributed by atoms with Crippen molar-refractivity contribution < 1.29 is 5.11 Å². The van der Waals surface area contributed by atoms with Gasteiger partial charge in [-0.3, -0.25) is 0 Å². The van der Waals surface area contributed by atoms with Crippen LogP contribution in [0.1, 0.15) is 90.4 Å². The van der Waals surface area contributed by atoms with Crippen molar-refractivity contribution >= 4 is 0 Å². The Morgan fingerprint density at radius 1 is 0.739 bits per heavy atom. The summed E-state index contributed by atoms with van der Waals surface area (Å²) < 4.78 is 0. The van der Waals surface area contributed by atoms with E-state index in [-0.39, 0.29) is 6.10 Å². The summed E-state index contributed by atoms with van der Waals surface area (Å²) in [6, 6.07) is 0. The van der Waals surface area contributed by atoms with Crippen LogP contribution in [0.3, 0.4) is 0 Å². The van der Waals surface area contributed by atoms with Crippen molar-refractivity contribution in [2.24, 2.45) is 40.4 Å². The summed E-state index contributed by atoms with van der Waals surface area (Å²) in [6.07, 6.45) is 18.8. The normalized spacial score (nSPS) is 58.7. The van der Waals surface area contributed by atoms with E-state index in [1.165, 1.54) is 38.5 Å². The van der Waals surface area contributed by atoms with Gasteiger partial charge in [-0.25, -0.2) is 0 Å². The molecule has 23 heavy (non-hydrogen) atoms. The molecule has 0 aliphatic heterocycles. The predicted molar refractivity (Wildman–Crippen MR) is 94.0 cm³/mol. The van der Waals surface area contributed by atoms with Crippen LogP contribution >= 0.6 is 0 Å². The molecule has 5 saturated carbocycles. The minimum absolute atomic E-state index is 0.00811. The molecule has 0 saturated heterocycles. The molecule has 0 aromatic rings. The molecule has 0 bridgehead atoms. The van der Waals surface area contributed by atoms with E-state index in [4.69, 9.17) is 0 Å². The Kier molecular flexibility index (Phi) is 3.46. The third kappa shape index (κ3) is 2.01. The van der Waals surface area contributed by atoms with Crippen LogP contribution in [0.15, 0.2) is 0 Å². The van der Waals surface area contributed by atoms with Gasteiger partial charge in [0, 0.05) is 0 Å². The second-order valence-electron chi connectivity index (χ2n) is 10.4. The van der Waals surface area contributed by atoms with E-state index in [1.54, 1.807) is 32.1 Å². The van der Waals surface area contributed by atoms with Crippen LogP contribution in [0.4, 0.5) is 0 Å². The molecule has 5 rings (SSSR count). The number of hydrogen-bond acceptors (Lipinski definition) is 1. The maximum atomic E-state index is 10.2. The summed E-state index contributed by atoms with van der Waals surface area (Å²) in [5.74, 6) is 5.04. The van der Waals surface area contributed by atoms with E-state index in [2.05, 4.69) is 6.92 Å². The fourth-order valence-electron chi connectivity index (χ4n) is 8.95. The first kappa shape index (κ1) is 15.2. The lowest BCUT2D eigenvalue weighted by atomic mass is 9.43. The largest absolute Gasteiger partial charge is 0.393 e. The van der Waals surface area contributed by atoms with E-state index in [0.717, 1.165) is 47.8 Å². The highest BCUT2D eigenvalue weighted by atomic mass is 16.3. The number of fused-ring (bicyclic) bond motifs is 4. The molecular formula is C22H36O. The molecule has 130 valence electrons. The summed E-state index contributed by atoms with van der Waals surface area (Å²) in [6.45, 7) is 2.63. The van der Waals surface area contributed by atoms with Crippen molar-refractivity contribution in [2.75, 3.05) is 0 Å². The lowest BCUT2D eigenvalue weighted by Gasteiger charge is -2.62. The van der Waals surface area contributed by atoms with Gasteiger partial charge in [0.1, 0.15) is 0 Å². The highest BCUT2D eigenvalue weighted by molar-refractivity contribution is 5.11. The molecule has 5 unspecified atom stereocenters. The lowest BCUT2D eigenvalue weighted by Crippen LogP contribution is -2.54. The summed E-state index contributed by atoms with van der Waals surface area (Å²) in [4.78, 5) is 0. The standard InChI is InChI=1S/C22H36O/c1-21-12-9-17(23)14-16(21)5-7-18-19(21)10-13-22-11-3-2-4-15(22)6-8-20(18)22/h15-20,23H,2-14H2,1H3/t15?,16-,17+,18?,19?,20?,21-,22?/m0/s1. The van der Waals surface area contributed by atoms with Crippen molar-refractivity contribution in [3.63, 3.8) is 0 Å². The summed E-state index contributed by atoms with van der Waals surface area (Å²) in [5, 5.41) is 10.2. The fraction of sp³-hybridized carbons (Fsp3) is 1.00. The zero-order valence-corrected chi connectivity index (χ0v) is 15.1. The third-order valence-corrected chi connectivity index (χ3v) is 9.98. The van der Waals surface area contributed by atoms with Crippen LogP contribution in [-0.4, -0.2) is 11.2 Å². The van der Waals surface area contributed by atoms with Gasteiger partial charge < -0.3 is 5.11 Å². The van der Waals surface area contributed by atoms with Crippen LogP contribution in [0.5, 0.6) is 0 Å². The van der Waals surface area contributed by atoms with E-state index in [1.807, 2.05) is 0 Å². The van der Waals surface area contributed by atoms with Gasteiger partial charge in [-0.05, 0) is 111 Å². The Morgan fingerprint density at radius 2 is 1.61 bits per heavy atom.